The summed E-state index contributed by atoms with van der Waals surface area (Å²) in [5, 5.41) is 3.29. The fourth-order valence-corrected chi connectivity index (χ4v) is 2.83. The quantitative estimate of drug-likeness (QED) is 0.585. The van der Waals surface area contributed by atoms with Gasteiger partial charge in [-0.25, -0.2) is 4.39 Å². The maximum Gasteiger partial charge on any atom is 0.272 e. The smallest absolute Gasteiger partial charge is 0.272 e. The molecule has 0 spiro atoms. The monoisotopic (exact) mass is 386 g/mol. The third-order valence-corrected chi connectivity index (χ3v) is 4.45. The first-order valence-corrected chi connectivity index (χ1v) is 9.18. The maximum absolute atomic E-state index is 14.4. The van der Waals surface area contributed by atoms with Crippen molar-refractivity contribution in [1.29, 1.82) is 0 Å². The number of fused-ring (bicyclic) bond motifs is 1. The number of pyridine rings is 1. The van der Waals surface area contributed by atoms with Crippen LogP contribution in [-0.4, -0.2) is 41.8 Å². The molecule has 0 aliphatic carbocycles. The predicted octanol–water partition coefficient (Wildman–Crippen LogP) is 2.58. The van der Waals surface area contributed by atoms with Gasteiger partial charge in [0.25, 0.3) is 5.91 Å². The lowest BCUT2D eigenvalue weighted by Gasteiger charge is -2.26. The van der Waals surface area contributed by atoms with Gasteiger partial charge < -0.3 is 14.8 Å². The van der Waals surface area contributed by atoms with Crippen LogP contribution in [0.2, 0.25) is 0 Å². The number of rotatable bonds is 7. The van der Waals surface area contributed by atoms with E-state index in [1.54, 1.807) is 19.2 Å². The Morgan fingerprint density at radius 1 is 1.44 bits per heavy atom. The van der Waals surface area contributed by atoms with Gasteiger partial charge in [-0.15, -0.1) is 24.6 Å². The molecule has 0 fully saturated rings. The fourth-order valence-electron chi connectivity index (χ4n) is 2.36. The van der Waals surface area contributed by atoms with Crippen LogP contribution in [0.3, 0.4) is 0 Å². The lowest BCUT2D eigenvalue weighted by Crippen LogP contribution is -2.52. The van der Waals surface area contributed by atoms with Gasteiger partial charge in [0.05, 0.1) is 12.1 Å². The van der Waals surface area contributed by atoms with E-state index in [0.29, 0.717) is 16.5 Å². The van der Waals surface area contributed by atoms with Crippen molar-refractivity contribution in [3.63, 3.8) is 0 Å². The molecule has 27 heavy (non-hydrogen) atoms. The van der Waals surface area contributed by atoms with Crippen LogP contribution in [0.1, 0.15) is 12.5 Å². The molecule has 0 saturated heterocycles. The van der Waals surface area contributed by atoms with Gasteiger partial charge in [0.1, 0.15) is 5.54 Å². The minimum atomic E-state index is -1.01. The van der Waals surface area contributed by atoms with E-state index in [2.05, 4.69) is 22.1 Å². The number of carbonyl (C=O) groups is 1. The molecular weight excluding hydrogens is 367 g/mol. The summed E-state index contributed by atoms with van der Waals surface area (Å²) in [6.45, 7) is 1.77. The summed E-state index contributed by atoms with van der Waals surface area (Å²) in [6.07, 6.45) is 14.0. The molecule has 2 aromatic rings. The first-order chi connectivity index (χ1) is 12.9. The summed E-state index contributed by atoms with van der Waals surface area (Å²) in [7, 11) is 1.48. The summed E-state index contributed by atoms with van der Waals surface area (Å²) < 4.78 is 25.0. The third kappa shape index (κ3) is 4.91. The molecule has 2 atom stereocenters. The molecule has 0 bridgehead atoms. The predicted molar refractivity (Wildman–Crippen MR) is 105 cm³/mol. The van der Waals surface area contributed by atoms with E-state index in [-0.39, 0.29) is 12.4 Å². The SMILES string of the molecule is C#Cc1cnc2cc(F)c(OC(SC)C(=O)NC(C)(C#C)COC)cc2c1. The number of thioether (sulfide) groups is 1. The summed E-state index contributed by atoms with van der Waals surface area (Å²) in [4.78, 5) is 16.6. The van der Waals surface area contributed by atoms with E-state index in [9.17, 15) is 9.18 Å². The van der Waals surface area contributed by atoms with Crippen molar-refractivity contribution in [2.45, 2.75) is 17.9 Å². The van der Waals surface area contributed by atoms with Crippen molar-refractivity contribution in [2.24, 2.45) is 0 Å². The maximum atomic E-state index is 14.4. The van der Waals surface area contributed by atoms with E-state index in [1.165, 1.54) is 25.4 Å². The number of ether oxygens (including phenoxy) is 2. The second-order valence-corrected chi connectivity index (χ2v) is 6.83. The number of benzene rings is 1. The zero-order chi connectivity index (χ0) is 20.0. The standard InChI is InChI=1S/C20H19FN2O3S/c1-6-13-8-14-9-17(15(21)10-16(14)22-11-13)26-19(27-5)18(24)23-20(3,7-2)12-25-4/h1-2,8-11,19H,12H2,3-5H3,(H,23,24). The number of hydrogen-bond donors (Lipinski definition) is 1. The highest BCUT2D eigenvalue weighted by atomic mass is 32.2. The zero-order valence-corrected chi connectivity index (χ0v) is 16.0. The molecule has 1 N–H and O–H groups in total. The molecule has 5 nitrogen and oxygen atoms in total. The molecule has 0 aliphatic rings. The molecule has 0 radical (unpaired) electrons. The molecule has 0 aliphatic heterocycles. The van der Waals surface area contributed by atoms with Gasteiger partial charge in [0.15, 0.2) is 11.6 Å². The Kier molecular flexibility index (Phi) is 6.68. The van der Waals surface area contributed by atoms with Crippen LogP contribution in [-0.2, 0) is 9.53 Å². The number of amides is 1. The highest BCUT2D eigenvalue weighted by Crippen LogP contribution is 2.27. The van der Waals surface area contributed by atoms with Gasteiger partial charge in [0, 0.05) is 30.3 Å². The Balaban J connectivity index is 2.27. The van der Waals surface area contributed by atoms with E-state index < -0.39 is 22.7 Å². The average molecular weight is 386 g/mol. The fraction of sp³-hybridized carbons (Fsp3) is 0.300. The molecule has 0 saturated carbocycles. The minimum Gasteiger partial charge on any atom is -0.467 e. The van der Waals surface area contributed by atoms with E-state index in [4.69, 9.17) is 22.3 Å². The van der Waals surface area contributed by atoms with Crippen LogP contribution in [0.5, 0.6) is 5.75 Å². The lowest BCUT2D eigenvalue weighted by atomic mass is 10.1. The molecule has 2 unspecified atom stereocenters. The number of carbonyl (C=O) groups excluding carboxylic acids is 1. The van der Waals surface area contributed by atoms with Gasteiger partial charge in [-0.3, -0.25) is 9.78 Å². The number of nitrogens with one attached hydrogen (secondary N) is 1. The highest BCUT2D eigenvalue weighted by Gasteiger charge is 2.29. The van der Waals surface area contributed by atoms with E-state index in [1.807, 2.05) is 0 Å². The van der Waals surface area contributed by atoms with Crippen LogP contribution < -0.4 is 10.1 Å². The molecule has 2 rings (SSSR count). The molecule has 140 valence electrons. The minimum absolute atomic E-state index is 0.0814. The number of aromatic nitrogens is 1. The van der Waals surface area contributed by atoms with Crippen molar-refractivity contribution >= 4 is 28.6 Å². The molecule has 7 heteroatoms. The topological polar surface area (TPSA) is 60.5 Å². The normalized spacial score (nSPS) is 13.9. The Hall–Kier alpha value is -2.74. The van der Waals surface area contributed by atoms with Crippen LogP contribution in [0.4, 0.5) is 4.39 Å². The van der Waals surface area contributed by atoms with Crippen LogP contribution in [0.25, 0.3) is 10.9 Å². The summed E-state index contributed by atoms with van der Waals surface area (Å²) >= 11 is 1.11. The molecule has 1 aromatic heterocycles. The van der Waals surface area contributed by atoms with Crippen LogP contribution >= 0.6 is 11.8 Å². The zero-order valence-electron chi connectivity index (χ0n) is 15.2. The van der Waals surface area contributed by atoms with Crippen molar-refractivity contribution < 1.29 is 18.7 Å². The van der Waals surface area contributed by atoms with Crippen LogP contribution in [0, 0.1) is 30.5 Å². The number of methoxy groups -OCH3 is 1. The molecule has 1 aromatic carbocycles. The summed E-state index contributed by atoms with van der Waals surface area (Å²) in [5.74, 6) is 3.75. The van der Waals surface area contributed by atoms with E-state index >= 15 is 0 Å². The van der Waals surface area contributed by atoms with Gasteiger partial charge in [-0.1, -0.05) is 11.8 Å². The van der Waals surface area contributed by atoms with Gasteiger partial charge in [-0.05, 0) is 25.3 Å². The first kappa shape index (κ1) is 20.6. The van der Waals surface area contributed by atoms with Crippen molar-refractivity contribution in [1.82, 2.24) is 10.3 Å². The third-order valence-electron chi connectivity index (χ3n) is 3.71. The number of halogens is 1. The van der Waals surface area contributed by atoms with Gasteiger partial charge in [0.2, 0.25) is 5.44 Å². The van der Waals surface area contributed by atoms with Crippen molar-refractivity contribution in [3.05, 3.63) is 35.8 Å². The molecule has 1 amide bonds. The van der Waals surface area contributed by atoms with Gasteiger partial charge in [-0.2, -0.15) is 0 Å². The molecule has 1 heterocycles. The lowest BCUT2D eigenvalue weighted by molar-refractivity contribution is -0.126. The Labute approximate surface area is 162 Å². The highest BCUT2D eigenvalue weighted by molar-refractivity contribution is 7.99. The Morgan fingerprint density at radius 2 is 2.19 bits per heavy atom. The number of terminal acetylenes is 2. The second kappa shape index (κ2) is 8.77. The molecular formula is C20H19FN2O3S. The van der Waals surface area contributed by atoms with E-state index in [0.717, 1.165) is 11.8 Å². The average Bonchev–Trinajstić information content (AvgIpc) is 2.65. The van der Waals surface area contributed by atoms with Crippen molar-refractivity contribution in [2.75, 3.05) is 20.0 Å². The summed E-state index contributed by atoms with van der Waals surface area (Å²) in [5.41, 5.74) is -1.02. The largest absolute Gasteiger partial charge is 0.467 e. The van der Waals surface area contributed by atoms with Crippen molar-refractivity contribution in [3.8, 4) is 30.4 Å². The first-order valence-electron chi connectivity index (χ1n) is 7.90. The van der Waals surface area contributed by atoms with Crippen LogP contribution in [0.15, 0.2) is 24.4 Å². The Morgan fingerprint density at radius 3 is 2.78 bits per heavy atom. The van der Waals surface area contributed by atoms with Gasteiger partial charge >= 0.3 is 0 Å². The number of hydrogen-bond acceptors (Lipinski definition) is 5. The Bertz CT molecular complexity index is 935. The number of nitrogens with zero attached hydrogens (tertiary/aromatic N) is 1. The second-order valence-electron chi connectivity index (χ2n) is 5.93. The summed E-state index contributed by atoms with van der Waals surface area (Å²) in [6, 6.07) is 4.39.